The average molecular weight is 600 g/mol. The van der Waals surface area contributed by atoms with Gasteiger partial charge in [0.25, 0.3) is 0 Å². The molecule has 0 fully saturated rings. The van der Waals surface area contributed by atoms with Crippen LogP contribution in [-0.4, -0.2) is 54.2 Å². The van der Waals surface area contributed by atoms with Crippen LogP contribution in [0, 0.1) is 5.82 Å². The molecule has 0 saturated carbocycles. The van der Waals surface area contributed by atoms with Crippen LogP contribution in [0.25, 0.3) is 50.5 Å². The zero-order chi connectivity index (χ0) is 30.5. The van der Waals surface area contributed by atoms with Crippen LogP contribution in [0.5, 0.6) is 5.88 Å². The van der Waals surface area contributed by atoms with Crippen LogP contribution in [-0.2, 0) is 10.0 Å². The summed E-state index contributed by atoms with van der Waals surface area (Å²) in [6.45, 7) is 1.74. The largest absolute Gasteiger partial charge is 0.480 e. The molecule has 0 spiro atoms. The Kier molecular flexibility index (Phi) is 6.93. The molecule has 0 amide bonds. The highest BCUT2D eigenvalue weighted by Crippen LogP contribution is 2.43. The van der Waals surface area contributed by atoms with Crippen molar-refractivity contribution in [2.45, 2.75) is 13.3 Å². The summed E-state index contributed by atoms with van der Waals surface area (Å²) in [4.78, 5) is 22.4. The van der Waals surface area contributed by atoms with E-state index in [4.69, 9.17) is 9.15 Å². The van der Waals surface area contributed by atoms with Gasteiger partial charge in [0, 0.05) is 54.0 Å². The van der Waals surface area contributed by atoms with Gasteiger partial charge in [-0.3, -0.25) is 9.10 Å². The first-order valence-corrected chi connectivity index (χ1v) is 15.1. The van der Waals surface area contributed by atoms with E-state index in [9.17, 15) is 17.6 Å². The van der Waals surface area contributed by atoms with Gasteiger partial charge in [-0.1, -0.05) is 13.0 Å². The van der Waals surface area contributed by atoms with Crippen molar-refractivity contribution < 1.29 is 26.8 Å². The molecule has 6 aromatic rings. The number of anilines is 1. The lowest BCUT2D eigenvalue weighted by Crippen LogP contribution is -2.25. The molecular weight excluding hydrogens is 573 g/mol. The van der Waals surface area contributed by atoms with Crippen LogP contribution in [0.3, 0.4) is 0 Å². The van der Waals surface area contributed by atoms with Gasteiger partial charge in [-0.2, -0.15) is 0 Å². The number of methoxy groups -OCH3 is 1. The van der Waals surface area contributed by atoms with Crippen LogP contribution >= 0.6 is 0 Å². The zero-order valence-electron chi connectivity index (χ0n) is 23.7. The minimum atomic E-state index is -3.72. The number of hydrogen-bond acceptors (Lipinski definition) is 8. The number of nitrogens with zero attached hydrogens (tertiary/aromatic N) is 5. The second kappa shape index (κ2) is 10.6. The van der Waals surface area contributed by atoms with Gasteiger partial charge in [0.15, 0.2) is 17.3 Å². The van der Waals surface area contributed by atoms with Crippen LogP contribution in [0.15, 0.2) is 77.5 Å². The summed E-state index contributed by atoms with van der Waals surface area (Å²) in [6.07, 6.45) is 4.61. The molecule has 0 radical (unpaired) electrons. The maximum Gasteiger partial charge on any atom is 0.232 e. The van der Waals surface area contributed by atoms with Gasteiger partial charge in [0.05, 0.1) is 30.2 Å². The van der Waals surface area contributed by atoms with Crippen LogP contribution < -0.4 is 9.04 Å². The van der Waals surface area contributed by atoms with Gasteiger partial charge in [0.2, 0.25) is 15.9 Å². The van der Waals surface area contributed by atoms with Gasteiger partial charge in [-0.15, -0.1) is 5.10 Å². The van der Waals surface area contributed by atoms with Gasteiger partial charge in [0.1, 0.15) is 17.2 Å². The lowest BCUT2D eigenvalue weighted by atomic mass is 9.96. The van der Waals surface area contributed by atoms with E-state index in [0.29, 0.717) is 55.9 Å². The van der Waals surface area contributed by atoms with Crippen molar-refractivity contribution in [3.05, 3.63) is 84.4 Å². The molecule has 2 aromatic carbocycles. The number of pyridine rings is 2. The number of halogens is 1. The van der Waals surface area contributed by atoms with E-state index in [0.717, 1.165) is 10.6 Å². The summed E-state index contributed by atoms with van der Waals surface area (Å²) in [7, 11) is -0.797. The molecule has 0 aliphatic rings. The third kappa shape index (κ3) is 4.99. The first-order valence-electron chi connectivity index (χ1n) is 13.3. The first-order chi connectivity index (χ1) is 20.6. The maximum atomic E-state index is 13.7. The topological polar surface area (TPSA) is 120 Å². The van der Waals surface area contributed by atoms with Crippen molar-refractivity contribution >= 4 is 38.1 Å². The van der Waals surface area contributed by atoms with Crippen molar-refractivity contribution in [1.29, 1.82) is 0 Å². The number of carbonyl (C=O) groups excluding carboxylic acids is 1. The highest BCUT2D eigenvalue weighted by molar-refractivity contribution is 7.92. The SMILES string of the molecule is CCC(=O)c1c(-c2ccc(F)cc2)oc2cc(N(C)S(C)(=O)=O)c(-c3cnc(OC)c(-c4nc5ccccn5n4)c3)cc12. The van der Waals surface area contributed by atoms with E-state index in [2.05, 4.69) is 15.1 Å². The molecule has 0 N–H and O–H groups in total. The second-order valence-electron chi connectivity index (χ2n) is 9.91. The summed E-state index contributed by atoms with van der Waals surface area (Å²) in [6, 6.07) is 16.2. The third-order valence-corrected chi connectivity index (χ3v) is 8.38. The van der Waals surface area contributed by atoms with E-state index in [1.54, 1.807) is 42.0 Å². The number of benzene rings is 2. The van der Waals surface area contributed by atoms with E-state index in [1.165, 1.54) is 38.4 Å². The number of ether oxygens (including phenoxy) is 1. The number of sulfonamides is 1. The van der Waals surface area contributed by atoms with E-state index >= 15 is 0 Å². The predicted molar refractivity (Wildman–Crippen MR) is 161 cm³/mol. The number of fused-ring (bicyclic) bond motifs is 2. The fourth-order valence-electron chi connectivity index (χ4n) is 4.93. The predicted octanol–water partition coefficient (Wildman–Crippen LogP) is 6.01. The van der Waals surface area contributed by atoms with Crippen LogP contribution in [0.1, 0.15) is 23.7 Å². The molecule has 6 rings (SSSR count). The molecule has 4 aromatic heterocycles. The molecule has 4 heterocycles. The minimum Gasteiger partial charge on any atom is -0.480 e. The Balaban J connectivity index is 1.64. The molecule has 10 nitrogen and oxygen atoms in total. The number of carbonyl (C=O) groups is 1. The molecule has 0 bridgehead atoms. The molecular formula is C31H26FN5O5S. The summed E-state index contributed by atoms with van der Waals surface area (Å²) in [5.74, 6) is 0.304. The number of furan rings is 1. The highest BCUT2D eigenvalue weighted by Gasteiger charge is 2.26. The van der Waals surface area contributed by atoms with Gasteiger partial charge >= 0.3 is 0 Å². The van der Waals surface area contributed by atoms with Crippen LogP contribution in [0.2, 0.25) is 0 Å². The quantitative estimate of drug-likeness (QED) is 0.195. The van der Waals surface area contributed by atoms with Crippen molar-refractivity contribution in [3.63, 3.8) is 0 Å². The van der Waals surface area contributed by atoms with Crippen molar-refractivity contribution in [2.75, 3.05) is 24.7 Å². The van der Waals surface area contributed by atoms with Gasteiger partial charge < -0.3 is 9.15 Å². The Morgan fingerprint density at radius 3 is 2.51 bits per heavy atom. The Morgan fingerprint density at radius 2 is 1.84 bits per heavy atom. The van der Waals surface area contributed by atoms with Crippen molar-refractivity contribution in [2.24, 2.45) is 0 Å². The lowest BCUT2D eigenvalue weighted by Gasteiger charge is -2.21. The third-order valence-electron chi connectivity index (χ3n) is 7.19. The monoisotopic (exact) mass is 599 g/mol. The molecule has 218 valence electrons. The number of rotatable bonds is 8. The second-order valence-corrected chi connectivity index (χ2v) is 11.9. The van der Waals surface area contributed by atoms with E-state index in [1.807, 2.05) is 18.2 Å². The number of hydrogen-bond donors (Lipinski definition) is 0. The molecule has 0 atom stereocenters. The van der Waals surface area contributed by atoms with Gasteiger partial charge in [-0.25, -0.2) is 27.3 Å². The van der Waals surface area contributed by atoms with Crippen molar-refractivity contribution in [1.82, 2.24) is 19.6 Å². The number of Topliss-reactive ketones (excluding diaryl/α,β-unsaturated/α-hetero) is 1. The molecule has 0 unspecified atom stereocenters. The molecule has 12 heteroatoms. The average Bonchev–Trinajstić information content (AvgIpc) is 3.61. The van der Waals surface area contributed by atoms with E-state index < -0.39 is 15.8 Å². The van der Waals surface area contributed by atoms with Gasteiger partial charge in [-0.05, 0) is 48.5 Å². The lowest BCUT2D eigenvalue weighted by molar-refractivity contribution is 0.0989. The maximum absolute atomic E-state index is 13.7. The molecule has 43 heavy (non-hydrogen) atoms. The molecule has 0 aliphatic carbocycles. The molecule has 0 saturated heterocycles. The molecule has 0 aliphatic heterocycles. The number of aromatic nitrogens is 4. The summed E-state index contributed by atoms with van der Waals surface area (Å²) in [5, 5.41) is 5.04. The standard InChI is InChI=1S/C31H26FN5O5S/c1-5-25(38)28-22-15-21(19-14-23(31(41-3)33-17-19)30-34-27-8-6-7-13-37(27)35-30)24(36(2)43(4,39)40)16-26(22)42-29(28)18-9-11-20(32)12-10-18/h6-17H,5H2,1-4H3. The fourth-order valence-corrected chi connectivity index (χ4v) is 5.44. The normalized spacial score (nSPS) is 11.7. The smallest absolute Gasteiger partial charge is 0.232 e. The Hall–Kier alpha value is -5.10. The highest BCUT2D eigenvalue weighted by atomic mass is 32.2. The summed E-state index contributed by atoms with van der Waals surface area (Å²) >= 11 is 0. The summed E-state index contributed by atoms with van der Waals surface area (Å²) in [5.41, 5.74) is 3.54. The minimum absolute atomic E-state index is 0.185. The number of ketones is 1. The Bertz CT molecular complexity index is 2110. The van der Waals surface area contributed by atoms with Crippen molar-refractivity contribution in [3.8, 4) is 39.7 Å². The fraction of sp³-hybridized carbons (Fsp3) is 0.161. The summed E-state index contributed by atoms with van der Waals surface area (Å²) < 4.78 is 53.7. The zero-order valence-corrected chi connectivity index (χ0v) is 24.5. The van der Waals surface area contributed by atoms with E-state index in [-0.39, 0.29) is 23.8 Å². The first kappa shape index (κ1) is 28.0. The van der Waals surface area contributed by atoms with Crippen LogP contribution in [0.4, 0.5) is 10.1 Å². The Morgan fingerprint density at radius 1 is 1.07 bits per heavy atom. The Labute approximate surface area is 246 Å².